The molecule has 3 rings (SSSR count). The number of amides is 1. The van der Waals surface area contributed by atoms with Gasteiger partial charge >= 0.3 is 0 Å². The Morgan fingerprint density at radius 2 is 1.83 bits per heavy atom. The molecule has 0 saturated carbocycles. The molecule has 2 aromatic carbocycles. The third kappa shape index (κ3) is 4.78. The number of hydrogen-bond donors (Lipinski definition) is 1. The molecule has 0 fully saturated rings. The molecule has 148 valence electrons. The number of benzene rings is 2. The highest BCUT2D eigenvalue weighted by Gasteiger charge is 2.11. The average molecular weight is 395 g/mol. The Bertz CT molecular complexity index is 1050. The van der Waals surface area contributed by atoms with Gasteiger partial charge in [0.05, 0.1) is 25.4 Å². The molecule has 9 nitrogen and oxygen atoms in total. The number of ether oxygens (including phenoxy) is 2. The minimum atomic E-state index is -0.474. The molecule has 9 heteroatoms. The largest absolute Gasteiger partial charge is 0.497 e. The maximum atomic E-state index is 12.3. The van der Waals surface area contributed by atoms with Gasteiger partial charge in [0.1, 0.15) is 23.0 Å². The number of furan rings is 1. The van der Waals surface area contributed by atoms with E-state index in [0.717, 1.165) is 0 Å². The van der Waals surface area contributed by atoms with Gasteiger partial charge in [-0.2, -0.15) is 5.10 Å². The van der Waals surface area contributed by atoms with E-state index < -0.39 is 10.8 Å². The topological polar surface area (TPSA) is 116 Å². The van der Waals surface area contributed by atoms with E-state index >= 15 is 0 Å². The first kappa shape index (κ1) is 19.6. The van der Waals surface area contributed by atoms with Crippen LogP contribution in [0.3, 0.4) is 0 Å². The zero-order valence-corrected chi connectivity index (χ0v) is 15.6. The van der Waals surface area contributed by atoms with E-state index in [1.807, 2.05) is 0 Å². The lowest BCUT2D eigenvalue weighted by molar-refractivity contribution is -0.384. The van der Waals surface area contributed by atoms with E-state index in [1.165, 1.54) is 32.6 Å². The lowest BCUT2D eigenvalue weighted by Gasteiger charge is -2.07. The van der Waals surface area contributed by atoms with Crippen LogP contribution in [0.15, 0.2) is 64.1 Å². The fourth-order valence-corrected chi connectivity index (χ4v) is 2.51. The third-order valence-electron chi connectivity index (χ3n) is 3.94. The molecule has 3 aromatic rings. The molecular formula is C20H17N3O6. The van der Waals surface area contributed by atoms with Crippen LogP contribution in [-0.4, -0.2) is 31.3 Å². The Balaban J connectivity index is 1.69. The van der Waals surface area contributed by atoms with Crippen LogP contribution < -0.4 is 14.9 Å². The van der Waals surface area contributed by atoms with Gasteiger partial charge < -0.3 is 13.9 Å². The van der Waals surface area contributed by atoms with E-state index in [2.05, 4.69) is 10.5 Å². The molecule has 1 aromatic heterocycles. The minimum Gasteiger partial charge on any atom is -0.497 e. The Morgan fingerprint density at radius 1 is 1.10 bits per heavy atom. The first-order chi connectivity index (χ1) is 14.0. The van der Waals surface area contributed by atoms with Crippen LogP contribution in [0.5, 0.6) is 11.5 Å². The summed E-state index contributed by atoms with van der Waals surface area (Å²) >= 11 is 0. The molecule has 29 heavy (non-hydrogen) atoms. The van der Waals surface area contributed by atoms with E-state index in [1.54, 1.807) is 42.5 Å². The standard InChI is InChI=1S/C20H17N3O6/c1-27-17-9-14(10-18(11-17)28-2)20(24)22-21-12-16-6-7-19(29-16)13-4-3-5-15(8-13)23(25)26/h3-12H,1-2H3,(H,22,24)/b21-12-. The molecular weight excluding hydrogens is 378 g/mol. The first-order valence-electron chi connectivity index (χ1n) is 8.41. The van der Waals surface area contributed by atoms with E-state index in [0.29, 0.717) is 34.1 Å². The molecule has 0 unspecified atom stereocenters. The lowest BCUT2D eigenvalue weighted by Crippen LogP contribution is -2.17. The Kier molecular flexibility index (Phi) is 5.88. The minimum absolute atomic E-state index is 0.0323. The summed E-state index contributed by atoms with van der Waals surface area (Å²) in [4.78, 5) is 22.7. The van der Waals surface area contributed by atoms with Crippen LogP contribution in [0.1, 0.15) is 16.1 Å². The van der Waals surface area contributed by atoms with Gasteiger partial charge in [0.15, 0.2) is 0 Å². The van der Waals surface area contributed by atoms with Gasteiger partial charge in [-0.1, -0.05) is 12.1 Å². The van der Waals surface area contributed by atoms with Gasteiger partial charge in [-0.05, 0) is 24.3 Å². The van der Waals surface area contributed by atoms with Crippen LogP contribution >= 0.6 is 0 Å². The van der Waals surface area contributed by atoms with E-state index in [-0.39, 0.29) is 5.69 Å². The summed E-state index contributed by atoms with van der Waals surface area (Å²) in [5.41, 5.74) is 3.24. The zero-order valence-electron chi connectivity index (χ0n) is 15.6. The number of nitro benzene ring substituents is 1. The second-order valence-electron chi connectivity index (χ2n) is 5.81. The van der Waals surface area contributed by atoms with Crippen molar-refractivity contribution in [3.05, 3.63) is 76.0 Å². The molecule has 0 aliphatic rings. The highest BCUT2D eigenvalue weighted by Crippen LogP contribution is 2.25. The molecule has 0 atom stereocenters. The number of non-ortho nitro benzene ring substituents is 1. The van der Waals surface area contributed by atoms with Crippen molar-refractivity contribution in [3.8, 4) is 22.8 Å². The fraction of sp³-hybridized carbons (Fsp3) is 0.100. The number of nitrogens with zero attached hydrogens (tertiary/aromatic N) is 2. The molecule has 0 bridgehead atoms. The summed E-state index contributed by atoms with van der Waals surface area (Å²) in [6.07, 6.45) is 1.33. The summed E-state index contributed by atoms with van der Waals surface area (Å²) in [5, 5.41) is 14.8. The Morgan fingerprint density at radius 3 is 2.48 bits per heavy atom. The normalized spacial score (nSPS) is 10.7. The van der Waals surface area contributed by atoms with Crippen LogP contribution in [0.2, 0.25) is 0 Å². The molecule has 1 amide bonds. The van der Waals surface area contributed by atoms with Gasteiger partial charge in [0.25, 0.3) is 11.6 Å². The predicted octanol–water partition coefficient (Wildman–Crippen LogP) is 3.64. The summed E-state index contributed by atoms with van der Waals surface area (Å²) < 4.78 is 15.9. The Hall–Kier alpha value is -4.14. The number of carbonyl (C=O) groups excluding carboxylic acids is 1. The SMILES string of the molecule is COc1cc(OC)cc(C(=O)N/N=C\c2ccc(-c3cccc([N+](=O)[O-])c3)o2)c1. The zero-order chi connectivity index (χ0) is 20.8. The van der Waals surface area contributed by atoms with Crippen molar-refractivity contribution >= 4 is 17.8 Å². The second kappa shape index (κ2) is 8.70. The van der Waals surface area contributed by atoms with Crippen LogP contribution in [0.25, 0.3) is 11.3 Å². The van der Waals surface area contributed by atoms with Gasteiger partial charge in [-0.15, -0.1) is 0 Å². The van der Waals surface area contributed by atoms with Crippen LogP contribution in [-0.2, 0) is 0 Å². The highest BCUT2D eigenvalue weighted by molar-refractivity contribution is 5.95. The summed E-state index contributed by atoms with van der Waals surface area (Å²) in [7, 11) is 2.98. The average Bonchev–Trinajstić information content (AvgIpc) is 3.22. The van der Waals surface area contributed by atoms with Crippen LogP contribution in [0, 0.1) is 10.1 Å². The van der Waals surface area contributed by atoms with Crippen LogP contribution in [0.4, 0.5) is 5.69 Å². The summed E-state index contributed by atoms with van der Waals surface area (Å²) in [6.45, 7) is 0. The summed E-state index contributed by atoms with van der Waals surface area (Å²) in [6, 6.07) is 14.2. The first-order valence-corrected chi connectivity index (χ1v) is 8.41. The van der Waals surface area contributed by atoms with Crippen molar-refractivity contribution < 1.29 is 23.6 Å². The highest BCUT2D eigenvalue weighted by atomic mass is 16.6. The number of rotatable bonds is 7. The van der Waals surface area contributed by atoms with Crippen molar-refractivity contribution in [2.75, 3.05) is 14.2 Å². The quantitative estimate of drug-likeness (QED) is 0.371. The molecule has 0 saturated heterocycles. The molecule has 0 spiro atoms. The molecule has 1 N–H and O–H groups in total. The molecule has 0 aliphatic carbocycles. The number of hydrogen-bond acceptors (Lipinski definition) is 7. The van der Waals surface area contributed by atoms with Gasteiger partial charge in [0, 0.05) is 29.3 Å². The summed E-state index contributed by atoms with van der Waals surface area (Å²) in [5.74, 6) is 1.31. The van der Waals surface area contributed by atoms with E-state index in [4.69, 9.17) is 13.9 Å². The van der Waals surface area contributed by atoms with Crippen molar-refractivity contribution in [2.45, 2.75) is 0 Å². The smallest absolute Gasteiger partial charge is 0.271 e. The Labute approximate surface area is 165 Å². The molecule has 1 heterocycles. The van der Waals surface area contributed by atoms with Gasteiger partial charge in [-0.25, -0.2) is 5.43 Å². The third-order valence-corrected chi connectivity index (χ3v) is 3.94. The lowest BCUT2D eigenvalue weighted by atomic mass is 10.1. The van der Waals surface area contributed by atoms with Crippen molar-refractivity contribution in [2.24, 2.45) is 5.10 Å². The number of hydrazone groups is 1. The monoisotopic (exact) mass is 395 g/mol. The fourth-order valence-electron chi connectivity index (χ4n) is 2.51. The number of nitrogens with one attached hydrogen (secondary N) is 1. The van der Waals surface area contributed by atoms with Crippen molar-refractivity contribution in [1.29, 1.82) is 0 Å². The number of methoxy groups -OCH3 is 2. The molecule has 0 aliphatic heterocycles. The maximum absolute atomic E-state index is 12.3. The van der Waals surface area contributed by atoms with E-state index in [9.17, 15) is 14.9 Å². The number of nitro groups is 1. The predicted molar refractivity (Wildman–Crippen MR) is 105 cm³/mol. The number of carbonyl (C=O) groups is 1. The maximum Gasteiger partial charge on any atom is 0.271 e. The van der Waals surface area contributed by atoms with Gasteiger partial charge in [0.2, 0.25) is 0 Å². The molecule has 0 radical (unpaired) electrons. The second-order valence-corrected chi connectivity index (χ2v) is 5.81. The van der Waals surface area contributed by atoms with Crippen molar-refractivity contribution in [1.82, 2.24) is 5.43 Å². The van der Waals surface area contributed by atoms with Gasteiger partial charge in [-0.3, -0.25) is 14.9 Å². The van der Waals surface area contributed by atoms with Crippen molar-refractivity contribution in [3.63, 3.8) is 0 Å².